The fourth-order valence-electron chi connectivity index (χ4n) is 1.33. The zero-order chi connectivity index (χ0) is 12.3. The minimum atomic E-state index is -0.688. The third kappa shape index (κ3) is 2.31. The molecule has 0 bridgehead atoms. The van der Waals surface area contributed by atoms with E-state index in [9.17, 15) is 14.9 Å². The number of ether oxygens (including phenoxy) is 1. The molecule has 0 fully saturated rings. The Kier molecular flexibility index (Phi) is 4.22. The molecule has 16 heavy (non-hydrogen) atoms. The molecule has 6 heteroatoms. The van der Waals surface area contributed by atoms with E-state index in [4.69, 9.17) is 0 Å². The maximum atomic E-state index is 11.4. The highest BCUT2D eigenvalue weighted by atomic mass is 127. The number of carbonyl (C=O) groups is 1. The molecule has 1 aromatic carbocycles. The molecule has 0 radical (unpaired) electrons. The van der Waals surface area contributed by atoms with Crippen LogP contribution in [-0.4, -0.2) is 18.0 Å². The van der Waals surface area contributed by atoms with Crippen molar-refractivity contribution in [2.45, 2.75) is 13.3 Å². The van der Waals surface area contributed by atoms with E-state index in [0.29, 0.717) is 9.99 Å². The molecular formula is C10H10INO4. The van der Waals surface area contributed by atoms with E-state index in [1.165, 1.54) is 13.2 Å². The lowest BCUT2D eigenvalue weighted by Gasteiger charge is -2.06. The molecule has 0 aliphatic heterocycles. The van der Waals surface area contributed by atoms with Gasteiger partial charge >= 0.3 is 5.97 Å². The van der Waals surface area contributed by atoms with Crippen molar-refractivity contribution in [1.29, 1.82) is 0 Å². The van der Waals surface area contributed by atoms with E-state index in [2.05, 4.69) is 4.74 Å². The van der Waals surface area contributed by atoms with Crippen LogP contribution in [0.15, 0.2) is 12.1 Å². The van der Waals surface area contributed by atoms with Gasteiger partial charge in [0.25, 0.3) is 5.69 Å². The molecule has 0 N–H and O–H groups in total. The van der Waals surface area contributed by atoms with Gasteiger partial charge < -0.3 is 4.74 Å². The van der Waals surface area contributed by atoms with E-state index >= 15 is 0 Å². The second-order valence-corrected chi connectivity index (χ2v) is 4.12. The molecule has 0 atom stereocenters. The van der Waals surface area contributed by atoms with Crippen LogP contribution >= 0.6 is 22.6 Å². The lowest BCUT2D eigenvalue weighted by Crippen LogP contribution is -2.08. The van der Waals surface area contributed by atoms with Gasteiger partial charge in [-0.2, -0.15) is 0 Å². The monoisotopic (exact) mass is 335 g/mol. The normalized spacial score (nSPS) is 9.94. The van der Waals surface area contributed by atoms with Gasteiger partial charge in [-0.1, -0.05) is 13.0 Å². The van der Waals surface area contributed by atoms with Crippen molar-refractivity contribution in [2.24, 2.45) is 0 Å². The Morgan fingerprint density at radius 1 is 1.56 bits per heavy atom. The molecule has 1 rings (SSSR count). The summed E-state index contributed by atoms with van der Waals surface area (Å²) in [5.74, 6) is -0.688. The number of hydrogen-bond donors (Lipinski definition) is 0. The molecule has 0 saturated carbocycles. The minimum absolute atomic E-state index is 0.00546. The largest absolute Gasteiger partial charge is 0.465 e. The molecule has 86 valence electrons. The number of nitrogens with zero attached hydrogens (tertiary/aromatic N) is 1. The first kappa shape index (κ1) is 12.9. The highest BCUT2D eigenvalue weighted by Crippen LogP contribution is 2.29. The topological polar surface area (TPSA) is 69.4 Å². The lowest BCUT2D eigenvalue weighted by molar-refractivity contribution is -0.386. The number of nitro benzene ring substituents is 1. The summed E-state index contributed by atoms with van der Waals surface area (Å²) in [5, 5.41) is 10.9. The summed E-state index contributed by atoms with van der Waals surface area (Å²) < 4.78 is 5.00. The Bertz CT molecular complexity index is 445. The molecule has 5 nitrogen and oxygen atoms in total. The van der Waals surface area contributed by atoms with Crippen molar-refractivity contribution in [3.63, 3.8) is 0 Å². The molecule has 0 aliphatic rings. The summed E-state index contributed by atoms with van der Waals surface area (Å²) in [6.45, 7) is 1.90. The Labute approximate surface area is 106 Å². The SMILES string of the molecule is CCc1ccc(C(=O)OC)c([N+](=O)[O-])c1I. The molecule has 0 aromatic heterocycles. The molecule has 0 amide bonds. The summed E-state index contributed by atoms with van der Waals surface area (Å²) in [7, 11) is 1.20. The molecule has 1 aromatic rings. The quantitative estimate of drug-likeness (QED) is 0.368. The van der Waals surface area contributed by atoms with Gasteiger partial charge in [0.2, 0.25) is 0 Å². The van der Waals surface area contributed by atoms with Crippen LogP contribution in [0.4, 0.5) is 5.69 Å². The lowest BCUT2D eigenvalue weighted by atomic mass is 10.1. The molecule has 0 unspecified atom stereocenters. The van der Waals surface area contributed by atoms with E-state index in [1.807, 2.05) is 29.5 Å². The highest BCUT2D eigenvalue weighted by Gasteiger charge is 2.25. The number of carbonyl (C=O) groups excluding carboxylic acids is 1. The summed E-state index contributed by atoms with van der Waals surface area (Å²) in [6.07, 6.45) is 0.681. The van der Waals surface area contributed by atoms with Crippen LogP contribution in [0.5, 0.6) is 0 Å². The van der Waals surface area contributed by atoms with Crippen LogP contribution in [0, 0.1) is 13.7 Å². The van der Waals surface area contributed by atoms with Crippen molar-refractivity contribution >= 4 is 34.2 Å². The van der Waals surface area contributed by atoms with E-state index in [1.54, 1.807) is 6.07 Å². The van der Waals surface area contributed by atoms with Crippen LogP contribution in [0.3, 0.4) is 0 Å². The van der Waals surface area contributed by atoms with Gasteiger partial charge in [0.15, 0.2) is 0 Å². The number of methoxy groups -OCH3 is 1. The predicted octanol–water partition coefficient (Wildman–Crippen LogP) is 2.55. The number of esters is 1. The molecule has 0 aliphatic carbocycles. The van der Waals surface area contributed by atoms with Crippen LogP contribution in [0.2, 0.25) is 0 Å². The van der Waals surface area contributed by atoms with Crippen LogP contribution < -0.4 is 0 Å². The fraction of sp³-hybridized carbons (Fsp3) is 0.300. The Morgan fingerprint density at radius 2 is 2.19 bits per heavy atom. The van der Waals surface area contributed by atoms with Crippen LogP contribution in [-0.2, 0) is 11.2 Å². The first-order valence-corrected chi connectivity index (χ1v) is 5.64. The minimum Gasteiger partial charge on any atom is -0.465 e. The predicted molar refractivity (Wildman–Crippen MR) is 66.5 cm³/mol. The molecular weight excluding hydrogens is 325 g/mol. The van der Waals surface area contributed by atoms with Gasteiger partial charge in [-0.15, -0.1) is 0 Å². The first-order chi connectivity index (χ1) is 7.52. The third-order valence-corrected chi connectivity index (χ3v) is 3.37. The Hall–Kier alpha value is -1.18. The fourth-order valence-corrected chi connectivity index (χ4v) is 2.38. The second kappa shape index (κ2) is 5.24. The average molecular weight is 335 g/mol. The van der Waals surface area contributed by atoms with Gasteiger partial charge in [0.1, 0.15) is 5.56 Å². The number of halogens is 1. The van der Waals surface area contributed by atoms with Crippen molar-refractivity contribution in [3.05, 3.63) is 36.9 Å². The van der Waals surface area contributed by atoms with Gasteiger partial charge in [0.05, 0.1) is 15.6 Å². The third-order valence-electron chi connectivity index (χ3n) is 2.16. The number of benzene rings is 1. The molecule has 0 saturated heterocycles. The summed E-state index contributed by atoms with van der Waals surface area (Å²) in [6, 6.07) is 3.14. The van der Waals surface area contributed by atoms with Gasteiger partial charge in [-0.3, -0.25) is 10.1 Å². The number of nitro groups is 1. The van der Waals surface area contributed by atoms with Crippen molar-refractivity contribution in [2.75, 3.05) is 7.11 Å². The van der Waals surface area contributed by atoms with Gasteiger partial charge in [-0.05, 0) is 40.6 Å². The van der Waals surface area contributed by atoms with Gasteiger partial charge in [-0.25, -0.2) is 4.79 Å². The van der Waals surface area contributed by atoms with Crippen LogP contribution in [0.1, 0.15) is 22.8 Å². The summed E-state index contributed by atoms with van der Waals surface area (Å²) in [4.78, 5) is 21.7. The first-order valence-electron chi connectivity index (χ1n) is 4.57. The van der Waals surface area contributed by atoms with Crippen LogP contribution in [0.25, 0.3) is 0 Å². The Balaban J connectivity index is 3.46. The smallest absolute Gasteiger partial charge is 0.344 e. The van der Waals surface area contributed by atoms with E-state index in [-0.39, 0.29) is 11.3 Å². The zero-order valence-corrected chi connectivity index (χ0v) is 11.0. The van der Waals surface area contributed by atoms with Crippen molar-refractivity contribution in [1.82, 2.24) is 0 Å². The van der Waals surface area contributed by atoms with E-state index in [0.717, 1.165) is 5.56 Å². The summed E-state index contributed by atoms with van der Waals surface area (Å²) >= 11 is 1.88. The highest BCUT2D eigenvalue weighted by molar-refractivity contribution is 14.1. The molecule has 0 heterocycles. The maximum absolute atomic E-state index is 11.4. The molecule has 0 spiro atoms. The summed E-state index contributed by atoms with van der Waals surface area (Å²) in [5.41, 5.74) is 0.667. The van der Waals surface area contributed by atoms with E-state index < -0.39 is 10.9 Å². The number of aryl methyl sites for hydroxylation is 1. The standard InChI is InChI=1S/C10H10INO4/c1-3-6-4-5-7(10(13)16-2)9(8(6)11)12(14)15/h4-5H,3H2,1-2H3. The number of rotatable bonds is 3. The Morgan fingerprint density at radius 3 is 2.62 bits per heavy atom. The average Bonchev–Trinajstić information content (AvgIpc) is 2.26. The number of hydrogen-bond acceptors (Lipinski definition) is 4. The second-order valence-electron chi connectivity index (χ2n) is 3.04. The zero-order valence-electron chi connectivity index (χ0n) is 8.82. The van der Waals surface area contributed by atoms with Crippen molar-refractivity contribution < 1.29 is 14.5 Å². The van der Waals surface area contributed by atoms with Crippen molar-refractivity contribution in [3.8, 4) is 0 Å². The van der Waals surface area contributed by atoms with Gasteiger partial charge in [0, 0.05) is 0 Å². The maximum Gasteiger partial charge on any atom is 0.344 e.